The molecule has 1 aromatic carbocycles. The van der Waals surface area contributed by atoms with Crippen LogP contribution in [-0.2, 0) is 11.3 Å². The number of carbonyl (C=O) groups excluding carboxylic acids is 1. The lowest BCUT2D eigenvalue weighted by atomic mass is 10.2. The summed E-state index contributed by atoms with van der Waals surface area (Å²) in [4.78, 5) is 14.2. The van der Waals surface area contributed by atoms with Crippen LogP contribution in [0.25, 0.3) is 0 Å². The molecule has 4 nitrogen and oxygen atoms in total. The number of likely N-dealkylation sites (tertiary alicyclic amines) is 1. The molecule has 3 atom stereocenters. The molecule has 1 aliphatic carbocycles. The molecule has 1 saturated heterocycles. The van der Waals surface area contributed by atoms with Crippen LogP contribution in [0.2, 0.25) is 0 Å². The highest BCUT2D eigenvalue weighted by Crippen LogP contribution is 2.45. The standard InChI is InChI=1S/C17H24N2O2/c1-17(2,3)21-16(20)18-15-13-10-19(11-14(13)15)9-12-7-5-4-6-8-12/h4-8,13-15H,9-11H2,1-3H3,(H,18,20)/t13-,14+,15?. The maximum absolute atomic E-state index is 11.8. The van der Waals surface area contributed by atoms with Gasteiger partial charge in [-0.1, -0.05) is 30.3 Å². The molecule has 3 rings (SSSR count). The third kappa shape index (κ3) is 3.56. The van der Waals surface area contributed by atoms with Crippen LogP contribution >= 0.6 is 0 Å². The number of amides is 1. The predicted molar refractivity (Wildman–Crippen MR) is 81.9 cm³/mol. The van der Waals surface area contributed by atoms with Gasteiger partial charge >= 0.3 is 6.09 Å². The summed E-state index contributed by atoms with van der Waals surface area (Å²) in [6.45, 7) is 8.82. The Morgan fingerprint density at radius 3 is 2.43 bits per heavy atom. The number of benzene rings is 1. The highest BCUT2D eigenvalue weighted by atomic mass is 16.6. The smallest absolute Gasteiger partial charge is 0.407 e. The van der Waals surface area contributed by atoms with Gasteiger partial charge < -0.3 is 10.1 Å². The molecule has 1 heterocycles. The normalized spacial score (nSPS) is 28.0. The molecule has 1 aromatic rings. The first-order valence-electron chi connectivity index (χ1n) is 7.68. The SMILES string of the molecule is CC(C)(C)OC(=O)NC1[C@H]2CN(Cc3ccccc3)C[C@@H]12. The largest absolute Gasteiger partial charge is 0.444 e. The van der Waals surface area contributed by atoms with Crippen molar-refractivity contribution in [3.8, 4) is 0 Å². The van der Waals surface area contributed by atoms with Crippen molar-refractivity contribution in [1.82, 2.24) is 10.2 Å². The van der Waals surface area contributed by atoms with E-state index in [0.717, 1.165) is 19.6 Å². The van der Waals surface area contributed by atoms with Crippen molar-refractivity contribution in [3.63, 3.8) is 0 Å². The quantitative estimate of drug-likeness (QED) is 0.929. The minimum absolute atomic E-state index is 0.281. The molecule has 21 heavy (non-hydrogen) atoms. The Morgan fingerprint density at radius 1 is 1.24 bits per heavy atom. The van der Waals surface area contributed by atoms with E-state index in [2.05, 4.69) is 34.5 Å². The summed E-state index contributed by atoms with van der Waals surface area (Å²) in [5.41, 5.74) is 0.934. The summed E-state index contributed by atoms with van der Waals surface area (Å²) in [5.74, 6) is 1.20. The van der Waals surface area contributed by atoms with Crippen LogP contribution < -0.4 is 5.32 Å². The summed E-state index contributed by atoms with van der Waals surface area (Å²) in [6.07, 6.45) is -0.281. The zero-order valence-electron chi connectivity index (χ0n) is 13.0. The molecular formula is C17H24N2O2. The lowest BCUT2D eigenvalue weighted by Crippen LogP contribution is -2.38. The fourth-order valence-corrected chi connectivity index (χ4v) is 3.24. The molecule has 2 fully saturated rings. The zero-order chi connectivity index (χ0) is 15.0. The van der Waals surface area contributed by atoms with Crippen molar-refractivity contribution in [3.05, 3.63) is 35.9 Å². The van der Waals surface area contributed by atoms with Crippen LogP contribution in [0.5, 0.6) is 0 Å². The summed E-state index contributed by atoms with van der Waals surface area (Å²) < 4.78 is 5.31. The van der Waals surface area contributed by atoms with E-state index in [9.17, 15) is 4.79 Å². The topological polar surface area (TPSA) is 41.6 Å². The summed E-state index contributed by atoms with van der Waals surface area (Å²) >= 11 is 0. The molecule has 1 amide bonds. The Bertz CT molecular complexity index is 497. The van der Waals surface area contributed by atoms with Crippen LogP contribution in [0.4, 0.5) is 4.79 Å². The third-order valence-electron chi connectivity index (χ3n) is 4.20. The Hall–Kier alpha value is -1.55. The summed E-state index contributed by atoms with van der Waals surface area (Å²) in [5, 5.41) is 3.01. The Labute approximate surface area is 126 Å². The summed E-state index contributed by atoms with van der Waals surface area (Å²) in [7, 11) is 0. The van der Waals surface area contributed by atoms with Gasteiger partial charge in [0.2, 0.25) is 0 Å². The Balaban J connectivity index is 1.43. The second-order valence-corrected chi connectivity index (χ2v) is 7.18. The molecule has 4 heteroatoms. The van der Waals surface area contributed by atoms with Gasteiger partial charge in [-0.2, -0.15) is 0 Å². The number of hydrogen-bond donors (Lipinski definition) is 1. The molecule has 1 unspecified atom stereocenters. The average Bonchev–Trinajstić information content (AvgIpc) is 2.83. The van der Waals surface area contributed by atoms with E-state index < -0.39 is 5.60 Å². The van der Waals surface area contributed by atoms with E-state index in [1.54, 1.807) is 0 Å². The van der Waals surface area contributed by atoms with Crippen LogP contribution in [0.1, 0.15) is 26.3 Å². The molecule has 2 aliphatic rings. The molecule has 1 aliphatic heterocycles. The number of ether oxygens (including phenoxy) is 1. The molecule has 0 aromatic heterocycles. The molecule has 0 radical (unpaired) electrons. The van der Waals surface area contributed by atoms with Crippen molar-refractivity contribution in [2.75, 3.05) is 13.1 Å². The highest BCUT2D eigenvalue weighted by molar-refractivity contribution is 5.68. The second-order valence-electron chi connectivity index (χ2n) is 7.18. The number of nitrogens with zero attached hydrogens (tertiary/aromatic N) is 1. The average molecular weight is 288 g/mol. The molecule has 0 bridgehead atoms. The van der Waals surface area contributed by atoms with E-state index in [1.165, 1.54) is 5.56 Å². The number of rotatable bonds is 3. The van der Waals surface area contributed by atoms with E-state index in [1.807, 2.05) is 26.8 Å². The van der Waals surface area contributed by atoms with Gasteiger partial charge in [0.05, 0.1) is 0 Å². The Kier molecular flexibility index (Phi) is 3.66. The fourth-order valence-electron chi connectivity index (χ4n) is 3.24. The maximum atomic E-state index is 11.8. The molecule has 1 saturated carbocycles. The van der Waals surface area contributed by atoms with Crippen molar-refractivity contribution in [1.29, 1.82) is 0 Å². The predicted octanol–water partition coefficient (Wildman–Crippen LogP) is 2.64. The second kappa shape index (κ2) is 5.34. The fraction of sp³-hybridized carbons (Fsp3) is 0.588. The number of fused-ring (bicyclic) bond motifs is 1. The van der Waals surface area contributed by atoms with Gasteiger partial charge in [0.25, 0.3) is 0 Å². The van der Waals surface area contributed by atoms with Crippen LogP contribution in [0.3, 0.4) is 0 Å². The van der Waals surface area contributed by atoms with Crippen LogP contribution in [0, 0.1) is 11.8 Å². The van der Waals surface area contributed by atoms with Gasteiger partial charge in [-0.15, -0.1) is 0 Å². The van der Waals surface area contributed by atoms with Crippen molar-refractivity contribution in [2.45, 2.75) is 39.0 Å². The van der Waals surface area contributed by atoms with E-state index in [-0.39, 0.29) is 6.09 Å². The molecule has 0 spiro atoms. The minimum atomic E-state index is -0.423. The number of carbonyl (C=O) groups is 1. The Morgan fingerprint density at radius 2 is 1.86 bits per heavy atom. The number of hydrogen-bond acceptors (Lipinski definition) is 3. The van der Waals surface area contributed by atoms with E-state index in [0.29, 0.717) is 17.9 Å². The number of nitrogens with one attached hydrogen (secondary N) is 1. The minimum Gasteiger partial charge on any atom is -0.444 e. The van der Waals surface area contributed by atoms with Gasteiger partial charge in [0.1, 0.15) is 5.60 Å². The van der Waals surface area contributed by atoms with Crippen LogP contribution in [-0.4, -0.2) is 35.7 Å². The highest BCUT2D eigenvalue weighted by Gasteiger charge is 2.56. The number of alkyl carbamates (subject to hydrolysis) is 1. The van der Waals surface area contributed by atoms with Gasteiger partial charge in [0.15, 0.2) is 0 Å². The summed E-state index contributed by atoms with van der Waals surface area (Å²) in [6, 6.07) is 10.9. The first-order chi connectivity index (χ1) is 9.92. The lowest BCUT2D eigenvalue weighted by Gasteiger charge is -2.22. The van der Waals surface area contributed by atoms with Gasteiger partial charge in [-0.3, -0.25) is 4.90 Å². The zero-order valence-corrected chi connectivity index (χ0v) is 13.0. The van der Waals surface area contributed by atoms with Gasteiger partial charge in [-0.05, 0) is 38.2 Å². The van der Waals surface area contributed by atoms with Crippen molar-refractivity contribution >= 4 is 6.09 Å². The van der Waals surface area contributed by atoms with Gasteiger partial charge in [0, 0.05) is 25.7 Å². The van der Waals surface area contributed by atoms with Crippen LogP contribution in [0.15, 0.2) is 30.3 Å². The van der Waals surface area contributed by atoms with Crippen molar-refractivity contribution in [2.24, 2.45) is 11.8 Å². The molecule has 114 valence electrons. The monoisotopic (exact) mass is 288 g/mol. The molecular weight excluding hydrogens is 264 g/mol. The first-order valence-corrected chi connectivity index (χ1v) is 7.68. The van der Waals surface area contributed by atoms with E-state index in [4.69, 9.17) is 4.74 Å². The van der Waals surface area contributed by atoms with E-state index >= 15 is 0 Å². The van der Waals surface area contributed by atoms with Gasteiger partial charge in [-0.25, -0.2) is 4.79 Å². The lowest BCUT2D eigenvalue weighted by molar-refractivity contribution is 0.0513. The third-order valence-corrected chi connectivity index (χ3v) is 4.20. The molecule has 1 N–H and O–H groups in total. The number of piperidine rings is 1. The first kappa shape index (κ1) is 14.4. The van der Waals surface area contributed by atoms with Crippen molar-refractivity contribution < 1.29 is 9.53 Å². The maximum Gasteiger partial charge on any atom is 0.407 e.